The second kappa shape index (κ2) is 7.32. The number of ether oxygens (including phenoxy) is 2. The van der Waals surface area contributed by atoms with Crippen LogP contribution in [0.5, 0.6) is 11.5 Å². The summed E-state index contributed by atoms with van der Waals surface area (Å²) in [5.41, 5.74) is 2.16. The summed E-state index contributed by atoms with van der Waals surface area (Å²) >= 11 is 0. The molecule has 0 aromatic heterocycles. The van der Waals surface area contributed by atoms with Crippen molar-refractivity contribution in [1.82, 2.24) is 0 Å². The van der Waals surface area contributed by atoms with E-state index in [0.717, 1.165) is 22.9 Å². The number of hydrogen-bond acceptors (Lipinski definition) is 3. The normalized spacial score (nSPS) is 13.2. The monoisotopic (exact) mass is 317 g/mol. The Hall–Kier alpha value is -3.28. The van der Waals surface area contributed by atoms with Crippen molar-refractivity contribution in [3.8, 4) is 11.5 Å². The van der Waals surface area contributed by atoms with Crippen molar-refractivity contribution < 1.29 is 9.47 Å². The van der Waals surface area contributed by atoms with Crippen LogP contribution in [0.1, 0.15) is 0 Å². The second-order valence-corrected chi connectivity index (χ2v) is 5.13. The number of anilines is 1. The van der Waals surface area contributed by atoms with Gasteiger partial charge in [-0.05, 0) is 36.4 Å². The molecule has 0 spiro atoms. The third kappa shape index (κ3) is 3.38. The molecule has 0 N–H and O–H groups in total. The van der Waals surface area contributed by atoms with Gasteiger partial charge in [-0.2, -0.15) is 0 Å². The maximum Gasteiger partial charge on any atom is 0.292 e. The number of para-hydroxylation sites is 1. The maximum absolute atomic E-state index is 7.24. The number of hydrogen-bond donors (Lipinski definition) is 0. The summed E-state index contributed by atoms with van der Waals surface area (Å²) in [7, 11) is 0. The van der Waals surface area contributed by atoms with Crippen LogP contribution in [0.4, 0.5) is 5.69 Å². The predicted molar refractivity (Wildman–Crippen MR) is 91.4 cm³/mol. The summed E-state index contributed by atoms with van der Waals surface area (Å²) in [4.78, 5) is 8.79. The van der Waals surface area contributed by atoms with Gasteiger partial charge in [-0.3, -0.25) is 9.74 Å². The quantitative estimate of drug-likeness (QED) is 0.769. The van der Waals surface area contributed by atoms with E-state index < -0.39 is 0 Å². The minimum Gasteiger partial charge on any atom is -0.457 e. The van der Waals surface area contributed by atoms with E-state index >= 15 is 0 Å². The molecule has 1 aliphatic heterocycles. The summed E-state index contributed by atoms with van der Waals surface area (Å²) in [6, 6.07) is 17.0. The first-order valence-corrected chi connectivity index (χ1v) is 7.43. The summed E-state index contributed by atoms with van der Waals surface area (Å²) < 4.78 is 11.1. The van der Waals surface area contributed by atoms with Crippen molar-refractivity contribution in [1.29, 1.82) is 0 Å². The SMILES string of the molecule is [C-]#[N+]CN(C1=C([N+]#[C-])COC1)c1ccc(Oc2ccccc2)cc1. The van der Waals surface area contributed by atoms with E-state index in [2.05, 4.69) is 9.69 Å². The first kappa shape index (κ1) is 15.6. The van der Waals surface area contributed by atoms with Crippen LogP contribution in [-0.4, -0.2) is 19.9 Å². The molecule has 0 unspecified atom stereocenters. The molecule has 2 aromatic carbocycles. The number of nitrogens with zero attached hydrogens (tertiary/aromatic N) is 3. The van der Waals surface area contributed by atoms with Crippen LogP contribution < -0.4 is 9.64 Å². The van der Waals surface area contributed by atoms with Gasteiger partial charge in [0.15, 0.2) is 0 Å². The molecule has 0 radical (unpaired) electrons. The van der Waals surface area contributed by atoms with Crippen LogP contribution in [-0.2, 0) is 4.74 Å². The highest BCUT2D eigenvalue weighted by Gasteiger charge is 2.24. The smallest absolute Gasteiger partial charge is 0.292 e. The highest BCUT2D eigenvalue weighted by Crippen LogP contribution is 2.29. The summed E-state index contributed by atoms with van der Waals surface area (Å²) in [5.74, 6) is 1.49. The average molecular weight is 317 g/mol. The molecule has 0 fully saturated rings. The highest BCUT2D eigenvalue weighted by atomic mass is 16.5. The van der Waals surface area contributed by atoms with E-state index in [0.29, 0.717) is 18.9 Å². The van der Waals surface area contributed by atoms with Crippen LogP contribution >= 0.6 is 0 Å². The molecule has 0 amide bonds. The third-order valence-electron chi connectivity index (χ3n) is 3.61. The first-order valence-electron chi connectivity index (χ1n) is 7.43. The molecule has 2 aromatic rings. The molecule has 0 saturated heterocycles. The highest BCUT2D eigenvalue weighted by molar-refractivity contribution is 5.56. The molecule has 118 valence electrons. The maximum atomic E-state index is 7.24. The third-order valence-corrected chi connectivity index (χ3v) is 3.61. The van der Waals surface area contributed by atoms with Gasteiger partial charge in [0, 0.05) is 5.69 Å². The van der Waals surface area contributed by atoms with Crippen LogP contribution in [0.15, 0.2) is 66.0 Å². The molecule has 1 heterocycles. The zero-order chi connectivity index (χ0) is 16.8. The molecule has 0 atom stereocenters. The van der Waals surface area contributed by atoms with Gasteiger partial charge in [-0.1, -0.05) is 18.2 Å². The Morgan fingerprint density at radius 1 is 0.958 bits per heavy atom. The van der Waals surface area contributed by atoms with Gasteiger partial charge < -0.3 is 9.47 Å². The Morgan fingerprint density at radius 3 is 2.33 bits per heavy atom. The van der Waals surface area contributed by atoms with Crippen molar-refractivity contribution in [2.75, 3.05) is 24.8 Å². The van der Waals surface area contributed by atoms with E-state index in [9.17, 15) is 0 Å². The fourth-order valence-electron chi connectivity index (χ4n) is 2.45. The lowest BCUT2D eigenvalue weighted by molar-refractivity contribution is 0.204. The second-order valence-electron chi connectivity index (χ2n) is 5.13. The van der Waals surface area contributed by atoms with Crippen molar-refractivity contribution in [3.05, 3.63) is 88.8 Å². The summed E-state index contributed by atoms with van der Waals surface area (Å²) in [6.45, 7) is 15.2. The average Bonchev–Trinajstić information content (AvgIpc) is 3.10. The predicted octanol–water partition coefficient (Wildman–Crippen LogP) is 4.32. The van der Waals surface area contributed by atoms with Crippen molar-refractivity contribution >= 4 is 5.69 Å². The zero-order valence-electron chi connectivity index (χ0n) is 13.0. The molecular weight excluding hydrogens is 302 g/mol. The molecule has 24 heavy (non-hydrogen) atoms. The fraction of sp³-hybridized carbons (Fsp3) is 0.158. The number of benzene rings is 2. The van der Waals surface area contributed by atoms with E-state index in [-0.39, 0.29) is 6.67 Å². The Morgan fingerprint density at radius 2 is 1.67 bits per heavy atom. The zero-order valence-corrected chi connectivity index (χ0v) is 13.0. The Bertz CT molecular complexity index is 814. The summed E-state index contributed by atoms with van der Waals surface area (Å²) in [5, 5.41) is 0. The van der Waals surface area contributed by atoms with Gasteiger partial charge in [-0.15, -0.1) is 0 Å². The van der Waals surface area contributed by atoms with E-state index in [1.807, 2.05) is 59.5 Å². The van der Waals surface area contributed by atoms with E-state index in [1.165, 1.54) is 0 Å². The van der Waals surface area contributed by atoms with Crippen LogP contribution in [0.25, 0.3) is 9.69 Å². The molecule has 0 aliphatic carbocycles. The van der Waals surface area contributed by atoms with Crippen LogP contribution in [0, 0.1) is 13.1 Å². The van der Waals surface area contributed by atoms with Gasteiger partial charge in [0.1, 0.15) is 11.5 Å². The lowest BCUT2D eigenvalue weighted by Crippen LogP contribution is -2.23. The Balaban J connectivity index is 1.83. The molecular formula is C19H15N3O2. The minimum absolute atomic E-state index is 0.149. The minimum atomic E-state index is 0.149. The lowest BCUT2D eigenvalue weighted by Gasteiger charge is -2.21. The lowest BCUT2D eigenvalue weighted by atomic mass is 10.2. The van der Waals surface area contributed by atoms with Crippen molar-refractivity contribution in [2.24, 2.45) is 0 Å². The first-order chi connectivity index (χ1) is 11.8. The van der Waals surface area contributed by atoms with Gasteiger partial charge in [0.25, 0.3) is 6.67 Å². The van der Waals surface area contributed by atoms with Gasteiger partial charge in [0.05, 0.1) is 25.5 Å². The van der Waals surface area contributed by atoms with Gasteiger partial charge >= 0.3 is 0 Å². The molecule has 0 saturated carbocycles. The molecule has 1 aliphatic rings. The van der Waals surface area contributed by atoms with E-state index in [4.69, 9.17) is 22.6 Å². The topological polar surface area (TPSA) is 30.4 Å². The summed E-state index contributed by atoms with van der Waals surface area (Å²) in [6.07, 6.45) is 0. The Kier molecular flexibility index (Phi) is 4.76. The standard InChI is InChI=1S/C19H15N3O2/c1-20-14-22(19-13-23-12-18(19)21-2)15-8-10-17(11-9-15)24-16-6-4-3-5-7-16/h3-11H,12-14H2. The number of rotatable bonds is 5. The molecule has 5 nitrogen and oxygen atoms in total. The van der Waals surface area contributed by atoms with Crippen LogP contribution in [0.2, 0.25) is 0 Å². The molecule has 3 rings (SSSR count). The van der Waals surface area contributed by atoms with E-state index in [1.54, 1.807) is 0 Å². The Labute approximate surface area is 141 Å². The largest absolute Gasteiger partial charge is 0.457 e. The fourth-order valence-corrected chi connectivity index (χ4v) is 2.45. The van der Waals surface area contributed by atoms with Gasteiger partial charge in [0.2, 0.25) is 5.70 Å². The molecule has 0 bridgehead atoms. The van der Waals surface area contributed by atoms with Crippen LogP contribution in [0.3, 0.4) is 0 Å². The van der Waals surface area contributed by atoms with Crippen molar-refractivity contribution in [3.63, 3.8) is 0 Å². The van der Waals surface area contributed by atoms with Crippen molar-refractivity contribution in [2.45, 2.75) is 0 Å². The van der Waals surface area contributed by atoms with Gasteiger partial charge in [-0.25, -0.2) is 11.4 Å². The molecule has 5 heteroatoms.